The lowest BCUT2D eigenvalue weighted by Crippen LogP contribution is -2.00. The smallest absolute Gasteiger partial charge is 0.143 e. The fourth-order valence-corrected chi connectivity index (χ4v) is 8.61. The molecule has 11 rings (SSSR count). The van der Waals surface area contributed by atoms with Gasteiger partial charge < -0.3 is 8.98 Å². The van der Waals surface area contributed by atoms with Crippen molar-refractivity contribution in [1.82, 2.24) is 4.57 Å². The lowest BCUT2D eigenvalue weighted by Gasteiger charge is -2.17. The zero-order valence-electron chi connectivity index (χ0n) is 27.8. The lowest BCUT2D eigenvalue weighted by atomic mass is 9.86. The largest absolute Gasteiger partial charge is 0.455 e. The molecular formula is C49H31NO. The molecule has 1 aliphatic carbocycles. The molecule has 0 aliphatic heterocycles. The number of hydrogen-bond acceptors (Lipinski definition) is 1. The quantitative estimate of drug-likeness (QED) is 0.186. The van der Waals surface area contributed by atoms with E-state index in [4.69, 9.17) is 4.42 Å². The first kappa shape index (κ1) is 28.2. The summed E-state index contributed by atoms with van der Waals surface area (Å²) >= 11 is 0. The highest BCUT2D eigenvalue weighted by atomic mass is 16.3. The molecule has 0 spiro atoms. The van der Waals surface area contributed by atoms with E-state index in [-0.39, 0.29) is 5.92 Å². The van der Waals surface area contributed by atoms with Gasteiger partial charge in [-0.05, 0) is 80.9 Å². The summed E-state index contributed by atoms with van der Waals surface area (Å²) in [6.07, 6.45) is 0. The molecule has 2 heteroatoms. The van der Waals surface area contributed by atoms with Gasteiger partial charge in [-0.15, -0.1) is 0 Å². The Morgan fingerprint density at radius 3 is 2.02 bits per heavy atom. The first-order valence-electron chi connectivity index (χ1n) is 17.6. The fourth-order valence-electron chi connectivity index (χ4n) is 8.61. The molecule has 2 aromatic heterocycles. The molecule has 0 amide bonds. The highest BCUT2D eigenvalue weighted by Gasteiger charge is 2.30. The third-order valence-electron chi connectivity index (χ3n) is 10.9. The van der Waals surface area contributed by atoms with E-state index in [1.54, 1.807) is 0 Å². The van der Waals surface area contributed by atoms with Crippen LogP contribution >= 0.6 is 0 Å². The molecule has 0 saturated carbocycles. The minimum absolute atomic E-state index is 0.116. The molecule has 2 nitrogen and oxygen atoms in total. The van der Waals surface area contributed by atoms with Gasteiger partial charge >= 0.3 is 0 Å². The summed E-state index contributed by atoms with van der Waals surface area (Å²) in [5, 5.41) is 4.84. The van der Waals surface area contributed by atoms with E-state index in [1.807, 2.05) is 6.07 Å². The molecule has 0 fully saturated rings. The van der Waals surface area contributed by atoms with E-state index in [0.29, 0.717) is 0 Å². The monoisotopic (exact) mass is 649 g/mol. The Labute approximate surface area is 295 Å². The summed E-state index contributed by atoms with van der Waals surface area (Å²) in [5.41, 5.74) is 16.8. The van der Waals surface area contributed by atoms with Gasteiger partial charge in [0.05, 0.1) is 11.0 Å². The van der Waals surface area contributed by atoms with Crippen molar-refractivity contribution < 1.29 is 4.42 Å². The Kier molecular flexibility index (Phi) is 6.05. The van der Waals surface area contributed by atoms with Crippen LogP contribution in [0.3, 0.4) is 0 Å². The molecule has 0 saturated heterocycles. The minimum Gasteiger partial charge on any atom is -0.455 e. The first-order valence-corrected chi connectivity index (χ1v) is 17.6. The maximum Gasteiger partial charge on any atom is 0.143 e. The first-order chi connectivity index (χ1) is 25.3. The summed E-state index contributed by atoms with van der Waals surface area (Å²) in [4.78, 5) is 0. The molecule has 8 aromatic carbocycles. The Morgan fingerprint density at radius 1 is 0.392 bits per heavy atom. The molecule has 1 aliphatic rings. The second-order valence-corrected chi connectivity index (χ2v) is 13.6. The van der Waals surface area contributed by atoms with Crippen molar-refractivity contribution in [2.75, 3.05) is 0 Å². The van der Waals surface area contributed by atoms with Gasteiger partial charge in [0.1, 0.15) is 11.2 Å². The Hall–Kier alpha value is -6.64. The van der Waals surface area contributed by atoms with Crippen molar-refractivity contribution in [3.05, 3.63) is 199 Å². The summed E-state index contributed by atoms with van der Waals surface area (Å²) < 4.78 is 8.86. The van der Waals surface area contributed by atoms with Crippen LogP contribution < -0.4 is 0 Å². The number of aromatic nitrogens is 1. The molecule has 238 valence electrons. The van der Waals surface area contributed by atoms with Crippen molar-refractivity contribution in [3.63, 3.8) is 0 Å². The van der Waals surface area contributed by atoms with Crippen molar-refractivity contribution >= 4 is 43.7 Å². The van der Waals surface area contributed by atoms with Crippen LogP contribution in [0, 0.1) is 0 Å². The molecular weight excluding hydrogens is 619 g/mol. The summed E-state index contributed by atoms with van der Waals surface area (Å²) in [6, 6.07) is 66.2. The molecule has 1 atom stereocenters. The average Bonchev–Trinajstić information content (AvgIpc) is 3.85. The Bertz CT molecular complexity index is 2980. The van der Waals surface area contributed by atoms with Crippen molar-refractivity contribution in [1.29, 1.82) is 0 Å². The van der Waals surface area contributed by atoms with Gasteiger partial charge in [0, 0.05) is 38.7 Å². The van der Waals surface area contributed by atoms with Gasteiger partial charge in [-0.1, -0.05) is 146 Å². The summed E-state index contributed by atoms with van der Waals surface area (Å²) in [6.45, 7) is 0. The van der Waals surface area contributed by atoms with Crippen molar-refractivity contribution in [2.24, 2.45) is 0 Å². The van der Waals surface area contributed by atoms with Gasteiger partial charge in [-0.3, -0.25) is 0 Å². The minimum atomic E-state index is 0.116. The van der Waals surface area contributed by atoms with E-state index in [2.05, 4.69) is 180 Å². The number of hydrogen-bond donors (Lipinski definition) is 0. The normalized spacial score (nSPS) is 13.7. The predicted molar refractivity (Wildman–Crippen MR) is 212 cm³/mol. The predicted octanol–water partition coefficient (Wildman–Crippen LogP) is 13.2. The van der Waals surface area contributed by atoms with E-state index >= 15 is 0 Å². The second-order valence-electron chi connectivity index (χ2n) is 13.6. The summed E-state index contributed by atoms with van der Waals surface area (Å²) in [7, 11) is 0. The second kappa shape index (κ2) is 10.9. The number of para-hydroxylation sites is 4. The van der Waals surface area contributed by atoms with Gasteiger partial charge in [-0.2, -0.15) is 0 Å². The maximum absolute atomic E-state index is 6.47. The average molecular weight is 650 g/mol. The van der Waals surface area contributed by atoms with Gasteiger partial charge in [0.15, 0.2) is 0 Å². The molecule has 51 heavy (non-hydrogen) atoms. The van der Waals surface area contributed by atoms with Crippen LogP contribution in [0.5, 0.6) is 0 Å². The zero-order chi connectivity index (χ0) is 33.5. The van der Waals surface area contributed by atoms with Crippen LogP contribution in [0.1, 0.15) is 22.6 Å². The maximum atomic E-state index is 6.47. The SMILES string of the molecule is c1ccc(-n2c3ccccc3c3ccc(-c4ccc5c(c4)C(c4cccc(-c6cccc7c6oc6ccccc67)c4)c4ccccc4-5)cc32)cc1. The van der Waals surface area contributed by atoms with Crippen molar-refractivity contribution in [3.8, 4) is 39.1 Å². The number of fused-ring (bicyclic) bond motifs is 9. The Balaban J connectivity index is 1.07. The van der Waals surface area contributed by atoms with Crippen LogP contribution in [-0.4, -0.2) is 4.57 Å². The lowest BCUT2D eigenvalue weighted by molar-refractivity contribution is 0.670. The number of benzene rings is 8. The van der Waals surface area contributed by atoms with E-state index in [1.165, 1.54) is 72.0 Å². The number of nitrogens with zero attached hydrogens (tertiary/aromatic N) is 1. The van der Waals surface area contributed by atoms with Gasteiger partial charge in [0.25, 0.3) is 0 Å². The van der Waals surface area contributed by atoms with E-state index < -0.39 is 0 Å². The fraction of sp³-hybridized carbons (Fsp3) is 0.0204. The van der Waals surface area contributed by atoms with Crippen LogP contribution in [0.4, 0.5) is 0 Å². The molecule has 0 bridgehead atoms. The standard InChI is InChI=1S/C49H31NO/c1-2-14-35(15-3-1)50-45-22-8-6-17-39(45)40-27-25-32(30-46(40)50)31-24-26-38-37-16-4-5-19-42(37)48(44(38)29-31)34-13-10-12-33(28-34)36-20-11-21-43-41-18-7-9-23-47(41)51-49(36)43/h1-30,48H. The van der Waals surface area contributed by atoms with Crippen molar-refractivity contribution in [2.45, 2.75) is 5.92 Å². The molecule has 0 N–H and O–H groups in total. The molecule has 0 radical (unpaired) electrons. The third kappa shape index (κ3) is 4.23. The third-order valence-corrected chi connectivity index (χ3v) is 10.9. The van der Waals surface area contributed by atoms with Crippen LogP contribution in [0.15, 0.2) is 186 Å². The highest BCUT2D eigenvalue weighted by molar-refractivity contribution is 6.11. The number of rotatable bonds is 4. The highest BCUT2D eigenvalue weighted by Crippen LogP contribution is 2.50. The van der Waals surface area contributed by atoms with E-state index in [0.717, 1.165) is 27.5 Å². The molecule has 2 heterocycles. The van der Waals surface area contributed by atoms with Gasteiger partial charge in [-0.25, -0.2) is 0 Å². The van der Waals surface area contributed by atoms with E-state index in [9.17, 15) is 0 Å². The Morgan fingerprint density at radius 2 is 1.08 bits per heavy atom. The zero-order valence-corrected chi connectivity index (χ0v) is 27.8. The molecule has 10 aromatic rings. The topological polar surface area (TPSA) is 18.1 Å². The summed E-state index contributed by atoms with van der Waals surface area (Å²) in [5.74, 6) is 0.116. The van der Waals surface area contributed by atoms with Crippen LogP contribution in [0.25, 0.3) is 82.8 Å². The molecule has 1 unspecified atom stereocenters. The van der Waals surface area contributed by atoms with Gasteiger partial charge in [0.2, 0.25) is 0 Å². The van der Waals surface area contributed by atoms with Crippen LogP contribution in [0.2, 0.25) is 0 Å². The number of furan rings is 1. The van der Waals surface area contributed by atoms with Crippen LogP contribution in [-0.2, 0) is 0 Å².